The normalized spacial score (nSPS) is 13.7. The van der Waals surface area contributed by atoms with Crippen molar-refractivity contribution >= 4 is 11.8 Å². The van der Waals surface area contributed by atoms with Crippen molar-refractivity contribution in [1.82, 2.24) is 0 Å². The Bertz CT molecular complexity index is 291. The van der Waals surface area contributed by atoms with Gasteiger partial charge in [-0.05, 0) is 0 Å². The van der Waals surface area contributed by atoms with Crippen LogP contribution in [0, 0.1) is 5.92 Å². The van der Waals surface area contributed by atoms with Crippen molar-refractivity contribution in [3.63, 3.8) is 0 Å². The Hall–Kier alpha value is -0.226. The summed E-state index contributed by atoms with van der Waals surface area (Å²) in [5.41, 5.74) is 0. The minimum atomic E-state index is -1.32. The minimum absolute atomic E-state index is 0.180. The molecule has 0 aliphatic carbocycles. The molecule has 0 saturated heterocycles. The van der Waals surface area contributed by atoms with E-state index in [1.54, 1.807) is 6.92 Å². The molecule has 0 aromatic carbocycles. The molecule has 0 aliphatic rings. The Morgan fingerprint density at radius 3 is 1.67 bits per heavy atom. The molecule has 0 bridgehead atoms. The van der Waals surface area contributed by atoms with Gasteiger partial charge < -0.3 is 0 Å². The van der Waals surface area contributed by atoms with E-state index in [-0.39, 0.29) is 18.0 Å². The van der Waals surface area contributed by atoms with Crippen LogP contribution in [-0.2, 0) is 43.2 Å². The van der Waals surface area contributed by atoms with Crippen molar-refractivity contribution in [2.75, 3.05) is 0 Å². The number of carbonyl (C=O) groups is 2. The summed E-state index contributed by atoms with van der Waals surface area (Å²) in [5.74, 6) is -3.40. The van der Waals surface area contributed by atoms with Crippen LogP contribution in [0.1, 0.15) is 41.5 Å². The molecule has 0 fully saturated rings. The predicted molar refractivity (Wildman–Crippen MR) is 61.1 cm³/mol. The fraction of sp³-hybridized carbons (Fsp3) is 0.833. The molecule has 0 spiro atoms. The summed E-state index contributed by atoms with van der Waals surface area (Å²) in [6, 6.07) is 0. The number of hydrogen-bond acceptors (Lipinski definition) is 5. The van der Waals surface area contributed by atoms with Crippen LogP contribution in [0.25, 0.3) is 0 Å². The molecule has 6 heteroatoms. The molecule has 0 rings (SSSR count). The number of rotatable bonds is 7. The van der Waals surface area contributed by atoms with Crippen molar-refractivity contribution in [2.24, 2.45) is 5.92 Å². The van der Waals surface area contributed by atoms with Crippen LogP contribution < -0.4 is 0 Å². The second-order valence-electron chi connectivity index (χ2n) is 4.81. The summed E-state index contributed by atoms with van der Waals surface area (Å²) in [4.78, 5) is 23.5. The third-order valence-electron chi connectivity index (χ3n) is 2.21. The van der Waals surface area contributed by atoms with E-state index >= 15 is 0 Å². The van der Waals surface area contributed by atoms with Gasteiger partial charge in [-0.15, -0.1) is 0 Å². The summed E-state index contributed by atoms with van der Waals surface area (Å²) in [5, 5.41) is 0. The summed E-state index contributed by atoms with van der Waals surface area (Å²) in [6.45, 7) is 10.2. The van der Waals surface area contributed by atoms with Crippen molar-refractivity contribution in [1.29, 1.82) is 0 Å². The Balaban J connectivity index is 5.34. The molecular weight excluding hydrogens is 272 g/mol. The third-order valence-corrected chi connectivity index (χ3v) is 2.52. The SMILES string of the molecule is CC(=O)C(C(=O)[O][Ti])C(C)(OC(C)C)OC(C)C. The van der Waals surface area contributed by atoms with Gasteiger partial charge in [-0.2, -0.15) is 0 Å². The first-order valence-electron chi connectivity index (χ1n) is 5.87. The van der Waals surface area contributed by atoms with Crippen LogP contribution in [0.4, 0.5) is 0 Å². The molecule has 0 aromatic heterocycles. The fourth-order valence-corrected chi connectivity index (χ4v) is 2.09. The molecule has 1 atom stereocenters. The van der Waals surface area contributed by atoms with Crippen molar-refractivity contribution in [3.05, 3.63) is 0 Å². The molecule has 18 heavy (non-hydrogen) atoms. The average Bonchev–Trinajstić information content (AvgIpc) is 2.13. The molecule has 1 unspecified atom stereocenters. The summed E-state index contributed by atoms with van der Waals surface area (Å²) >= 11 is 1.24. The van der Waals surface area contributed by atoms with Crippen LogP contribution in [0.3, 0.4) is 0 Å². The molecule has 103 valence electrons. The number of Topliss-reactive ketones (excluding diaryl/α,β-unsaturated/α-hetero) is 1. The molecular formula is C12H21O5Ti. The van der Waals surface area contributed by atoms with Gasteiger partial charge in [0.05, 0.1) is 0 Å². The van der Waals surface area contributed by atoms with E-state index in [1.165, 1.54) is 27.7 Å². The average molecular weight is 293 g/mol. The van der Waals surface area contributed by atoms with E-state index in [0.717, 1.165) is 0 Å². The second-order valence-corrected chi connectivity index (χ2v) is 5.13. The molecule has 0 saturated carbocycles. The Labute approximate surface area is 120 Å². The van der Waals surface area contributed by atoms with Gasteiger partial charge in [0.1, 0.15) is 0 Å². The quantitative estimate of drug-likeness (QED) is 0.406. The van der Waals surface area contributed by atoms with Gasteiger partial charge in [-0.3, -0.25) is 0 Å². The van der Waals surface area contributed by atoms with Crippen molar-refractivity contribution in [3.8, 4) is 0 Å². The topological polar surface area (TPSA) is 61.8 Å². The van der Waals surface area contributed by atoms with Crippen LogP contribution in [0.5, 0.6) is 0 Å². The standard InChI is InChI=1S/C12H22O5.Ti/c1-7(2)16-12(6,17-8(3)4)10(9(5)13)11(14)15;/h7-8,10H,1-6H3,(H,14,15);/q;+1/p-1. The maximum absolute atomic E-state index is 11.8. The zero-order chi connectivity index (χ0) is 14.5. The van der Waals surface area contributed by atoms with Crippen molar-refractivity contribution < 1.29 is 43.2 Å². The fourth-order valence-electron chi connectivity index (χ4n) is 1.91. The van der Waals surface area contributed by atoms with E-state index in [9.17, 15) is 9.59 Å². The molecule has 0 aliphatic heterocycles. The van der Waals surface area contributed by atoms with E-state index in [4.69, 9.17) is 9.47 Å². The summed E-state index contributed by atoms with van der Waals surface area (Å²) < 4.78 is 16.0. The first kappa shape index (κ1) is 17.8. The van der Waals surface area contributed by atoms with Gasteiger partial charge in [0.25, 0.3) is 0 Å². The Morgan fingerprint density at radius 1 is 1.06 bits per heavy atom. The van der Waals surface area contributed by atoms with E-state index in [2.05, 4.69) is 3.32 Å². The van der Waals surface area contributed by atoms with Gasteiger partial charge in [0.15, 0.2) is 0 Å². The third kappa shape index (κ3) is 5.18. The Morgan fingerprint density at radius 2 is 1.44 bits per heavy atom. The van der Waals surface area contributed by atoms with Crippen LogP contribution in [0.2, 0.25) is 0 Å². The van der Waals surface area contributed by atoms with E-state index in [1.807, 2.05) is 27.7 Å². The molecule has 0 heterocycles. The van der Waals surface area contributed by atoms with E-state index in [0.29, 0.717) is 0 Å². The Kier molecular flexibility index (Phi) is 7.29. The van der Waals surface area contributed by atoms with Gasteiger partial charge in [-0.1, -0.05) is 0 Å². The maximum atomic E-state index is 11.8. The van der Waals surface area contributed by atoms with Crippen LogP contribution in [-0.4, -0.2) is 29.7 Å². The molecule has 0 radical (unpaired) electrons. The van der Waals surface area contributed by atoms with Gasteiger partial charge >= 0.3 is 120 Å². The van der Waals surface area contributed by atoms with Gasteiger partial charge in [-0.25, -0.2) is 0 Å². The molecule has 0 amide bonds. The number of ketones is 1. The van der Waals surface area contributed by atoms with E-state index < -0.39 is 17.7 Å². The number of hydrogen-bond donors (Lipinski definition) is 0. The van der Waals surface area contributed by atoms with Crippen molar-refractivity contribution in [2.45, 2.75) is 59.5 Å². The predicted octanol–water partition coefficient (Wildman–Crippen LogP) is 1.76. The zero-order valence-corrected chi connectivity index (χ0v) is 13.3. The van der Waals surface area contributed by atoms with Gasteiger partial charge in [0.2, 0.25) is 0 Å². The number of ether oxygens (including phenoxy) is 2. The van der Waals surface area contributed by atoms with Crippen LogP contribution in [0.15, 0.2) is 0 Å². The first-order chi connectivity index (χ1) is 8.14. The second kappa shape index (κ2) is 7.38. The molecule has 0 aromatic rings. The molecule has 0 N–H and O–H groups in total. The van der Waals surface area contributed by atoms with Crippen LogP contribution >= 0.6 is 0 Å². The molecule has 5 nitrogen and oxygen atoms in total. The first-order valence-corrected chi connectivity index (χ1v) is 6.51. The monoisotopic (exact) mass is 293 g/mol. The zero-order valence-electron chi connectivity index (χ0n) is 11.8. The summed E-state index contributed by atoms with van der Waals surface area (Å²) in [7, 11) is 0. The van der Waals surface area contributed by atoms with Gasteiger partial charge in [0, 0.05) is 0 Å². The number of carbonyl (C=O) groups excluding carboxylic acids is 2. The summed E-state index contributed by atoms with van der Waals surface area (Å²) in [6.07, 6.45) is -0.361.